The molecule has 0 aromatic heterocycles. The van der Waals surface area contributed by atoms with Crippen LogP contribution in [0.25, 0.3) is 0 Å². The van der Waals surface area contributed by atoms with E-state index in [1.165, 1.54) is 6.07 Å². The zero-order valence-corrected chi connectivity index (χ0v) is 17.4. The van der Waals surface area contributed by atoms with Crippen LogP contribution in [0.2, 0.25) is 0 Å². The van der Waals surface area contributed by atoms with E-state index < -0.39 is 10.1 Å². The summed E-state index contributed by atoms with van der Waals surface area (Å²) in [6.45, 7) is 0.435. The third-order valence-electron chi connectivity index (χ3n) is 3.44. The van der Waals surface area contributed by atoms with Crippen LogP contribution in [-0.4, -0.2) is 8.42 Å². The molecule has 4 nitrogen and oxygen atoms in total. The molecule has 0 amide bonds. The van der Waals surface area contributed by atoms with Crippen LogP contribution >= 0.6 is 31.9 Å². The van der Waals surface area contributed by atoms with Crippen molar-refractivity contribution in [1.82, 2.24) is 0 Å². The molecule has 0 unspecified atom stereocenters. The van der Waals surface area contributed by atoms with E-state index >= 15 is 0 Å². The van der Waals surface area contributed by atoms with Crippen LogP contribution in [0.5, 0.6) is 11.5 Å². The Balaban J connectivity index is 1.69. The first-order valence-corrected chi connectivity index (χ1v) is 10.6. The van der Waals surface area contributed by atoms with Crippen LogP contribution < -0.4 is 8.92 Å². The molecule has 0 aliphatic carbocycles. The predicted octanol–water partition coefficient (Wildman–Crippen LogP) is 5.56. The first-order valence-electron chi connectivity index (χ1n) is 7.60. The lowest BCUT2D eigenvalue weighted by atomic mass is 10.2. The first-order chi connectivity index (χ1) is 12.4. The maximum absolute atomic E-state index is 12.5. The van der Waals surface area contributed by atoms with E-state index in [-0.39, 0.29) is 10.6 Å². The molecule has 0 radical (unpaired) electrons. The van der Waals surface area contributed by atoms with Crippen molar-refractivity contribution < 1.29 is 17.3 Å². The molecule has 3 rings (SSSR count). The Morgan fingerprint density at radius 1 is 0.808 bits per heavy atom. The Labute approximate surface area is 169 Å². The van der Waals surface area contributed by atoms with Crippen molar-refractivity contribution in [2.24, 2.45) is 0 Å². The molecule has 0 heterocycles. The van der Waals surface area contributed by atoms with Gasteiger partial charge in [0.1, 0.15) is 23.0 Å². The molecule has 3 aromatic carbocycles. The third kappa shape index (κ3) is 4.87. The largest absolute Gasteiger partial charge is 0.489 e. The van der Waals surface area contributed by atoms with Gasteiger partial charge >= 0.3 is 10.1 Å². The number of hydrogen-bond acceptors (Lipinski definition) is 4. The zero-order chi connectivity index (χ0) is 18.6. The van der Waals surface area contributed by atoms with Crippen LogP contribution in [0.3, 0.4) is 0 Å². The number of rotatable bonds is 6. The van der Waals surface area contributed by atoms with Gasteiger partial charge in [0.25, 0.3) is 0 Å². The fraction of sp³-hybridized carbons (Fsp3) is 0.0526. The molecule has 26 heavy (non-hydrogen) atoms. The summed E-state index contributed by atoms with van der Waals surface area (Å²) < 4.78 is 36.9. The molecule has 0 bridgehead atoms. The van der Waals surface area contributed by atoms with Crippen molar-refractivity contribution in [2.45, 2.75) is 11.5 Å². The lowest BCUT2D eigenvalue weighted by Gasteiger charge is -2.10. The van der Waals surface area contributed by atoms with Gasteiger partial charge in [0, 0.05) is 8.95 Å². The molecule has 0 saturated carbocycles. The first kappa shape index (κ1) is 18.9. The van der Waals surface area contributed by atoms with Crippen LogP contribution in [0.1, 0.15) is 5.56 Å². The van der Waals surface area contributed by atoms with E-state index in [2.05, 4.69) is 31.9 Å². The van der Waals surface area contributed by atoms with Gasteiger partial charge in [0.15, 0.2) is 0 Å². The molecule has 0 fully saturated rings. The average Bonchev–Trinajstić information content (AvgIpc) is 2.64. The van der Waals surface area contributed by atoms with Gasteiger partial charge in [-0.3, -0.25) is 0 Å². The van der Waals surface area contributed by atoms with Crippen LogP contribution in [0, 0.1) is 0 Å². The van der Waals surface area contributed by atoms with Gasteiger partial charge < -0.3 is 8.92 Å². The molecular formula is C19H14Br2O4S. The summed E-state index contributed by atoms with van der Waals surface area (Å²) in [5.41, 5.74) is 1.05. The van der Waals surface area contributed by atoms with Crippen LogP contribution in [0.4, 0.5) is 0 Å². The van der Waals surface area contributed by atoms with Gasteiger partial charge in [-0.2, -0.15) is 8.42 Å². The lowest BCUT2D eigenvalue weighted by Crippen LogP contribution is -2.10. The minimum Gasteiger partial charge on any atom is -0.489 e. The smallest absolute Gasteiger partial charge is 0.340 e. The lowest BCUT2D eigenvalue weighted by molar-refractivity contribution is 0.306. The number of halogens is 2. The van der Waals surface area contributed by atoms with Crippen molar-refractivity contribution in [3.8, 4) is 11.5 Å². The summed E-state index contributed by atoms with van der Waals surface area (Å²) in [6.07, 6.45) is 0. The third-order valence-corrected chi connectivity index (χ3v) is 6.18. The van der Waals surface area contributed by atoms with E-state index in [1.807, 2.05) is 30.3 Å². The normalized spacial score (nSPS) is 11.2. The molecule has 0 aliphatic heterocycles. The topological polar surface area (TPSA) is 52.6 Å². The second-order valence-electron chi connectivity index (χ2n) is 5.36. The minimum absolute atomic E-state index is 0.0521. The number of hydrogen-bond donors (Lipinski definition) is 0. The van der Waals surface area contributed by atoms with Gasteiger partial charge in [0.2, 0.25) is 0 Å². The molecular weight excluding hydrogens is 484 g/mol. The second-order valence-corrected chi connectivity index (χ2v) is 8.64. The molecule has 0 aliphatic rings. The summed E-state index contributed by atoms with van der Waals surface area (Å²) in [4.78, 5) is 0.0521. The van der Waals surface area contributed by atoms with Crippen molar-refractivity contribution in [3.05, 3.63) is 87.3 Å². The van der Waals surface area contributed by atoms with E-state index in [9.17, 15) is 8.42 Å². The SMILES string of the molecule is O=S(=O)(Oc1ccc(OCc2ccccc2)cc1)c1cc(Br)ccc1Br. The van der Waals surface area contributed by atoms with E-state index in [4.69, 9.17) is 8.92 Å². The average molecular weight is 498 g/mol. The fourth-order valence-corrected chi connectivity index (χ4v) is 4.56. The highest BCUT2D eigenvalue weighted by Gasteiger charge is 2.20. The Morgan fingerprint density at radius 3 is 2.15 bits per heavy atom. The Bertz CT molecular complexity index is 988. The highest BCUT2D eigenvalue weighted by Crippen LogP contribution is 2.29. The summed E-state index contributed by atoms with van der Waals surface area (Å²) in [6, 6.07) is 21.1. The Kier molecular flexibility index (Phi) is 6.01. The van der Waals surface area contributed by atoms with E-state index in [1.54, 1.807) is 36.4 Å². The van der Waals surface area contributed by atoms with Crippen molar-refractivity contribution in [3.63, 3.8) is 0 Å². The van der Waals surface area contributed by atoms with Crippen molar-refractivity contribution >= 4 is 42.0 Å². The molecule has 134 valence electrons. The zero-order valence-electron chi connectivity index (χ0n) is 13.4. The summed E-state index contributed by atoms with van der Waals surface area (Å²) in [5.74, 6) is 0.839. The molecule has 0 spiro atoms. The van der Waals surface area contributed by atoms with Gasteiger partial charge in [-0.05, 0) is 64.0 Å². The summed E-state index contributed by atoms with van der Waals surface area (Å²) in [5, 5.41) is 0. The number of benzene rings is 3. The Hall–Kier alpha value is -1.83. The van der Waals surface area contributed by atoms with Gasteiger partial charge in [-0.15, -0.1) is 0 Å². The molecule has 0 atom stereocenters. The predicted molar refractivity (Wildman–Crippen MR) is 107 cm³/mol. The maximum Gasteiger partial charge on any atom is 0.340 e. The summed E-state index contributed by atoms with van der Waals surface area (Å²) >= 11 is 6.50. The molecule has 0 saturated heterocycles. The van der Waals surface area contributed by atoms with E-state index in [0.717, 1.165) is 5.56 Å². The van der Waals surface area contributed by atoms with Crippen LogP contribution in [-0.2, 0) is 16.7 Å². The standard InChI is InChI=1S/C19H14Br2O4S/c20-15-6-11-18(21)19(12-15)26(22,23)25-17-9-7-16(8-10-17)24-13-14-4-2-1-3-5-14/h1-12H,13H2. The Morgan fingerprint density at radius 2 is 1.46 bits per heavy atom. The van der Waals surface area contributed by atoms with E-state index in [0.29, 0.717) is 21.3 Å². The number of ether oxygens (including phenoxy) is 1. The van der Waals surface area contributed by atoms with Gasteiger partial charge in [-0.1, -0.05) is 46.3 Å². The van der Waals surface area contributed by atoms with Gasteiger partial charge in [-0.25, -0.2) is 0 Å². The molecule has 7 heteroatoms. The highest BCUT2D eigenvalue weighted by atomic mass is 79.9. The van der Waals surface area contributed by atoms with Crippen molar-refractivity contribution in [2.75, 3.05) is 0 Å². The molecule has 0 N–H and O–H groups in total. The quantitative estimate of drug-likeness (QED) is 0.418. The summed E-state index contributed by atoms with van der Waals surface area (Å²) in [7, 11) is -3.95. The monoisotopic (exact) mass is 496 g/mol. The second kappa shape index (κ2) is 8.24. The minimum atomic E-state index is -3.95. The fourth-order valence-electron chi connectivity index (χ4n) is 2.17. The van der Waals surface area contributed by atoms with Crippen LogP contribution in [0.15, 0.2) is 86.6 Å². The highest BCUT2D eigenvalue weighted by molar-refractivity contribution is 9.11. The molecule has 3 aromatic rings. The maximum atomic E-state index is 12.5. The van der Waals surface area contributed by atoms with Gasteiger partial charge in [0.05, 0.1) is 0 Å². The van der Waals surface area contributed by atoms with Crippen molar-refractivity contribution in [1.29, 1.82) is 0 Å².